The summed E-state index contributed by atoms with van der Waals surface area (Å²) in [6.07, 6.45) is 4.17. The fourth-order valence-corrected chi connectivity index (χ4v) is 12.8. The number of rotatable bonds is 8. The number of halogens is 3. The van der Waals surface area contributed by atoms with Crippen LogP contribution < -0.4 is 52.8 Å². The topological polar surface area (TPSA) is 0 Å². The summed E-state index contributed by atoms with van der Waals surface area (Å²) >= 11 is 0. The Kier molecular flexibility index (Phi) is 16.3. The molecule has 0 saturated heterocycles. The molecular weight excluding hydrogens is 651 g/mol. The fourth-order valence-electron chi connectivity index (χ4n) is 6.77. The predicted molar refractivity (Wildman–Crippen MR) is 180 cm³/mol. The van der Waals surface area contributed by atoms with Crippen molar-refractivity contribution in [1.82, 2.24) is 0 Å². The Hall–Kier alpha value is -1.06. The summed E-state index contributed by atoms with van der Waals surface area (Å²) in [6.45, 7) is 28.2. The molecule has 0 N–H and O–H groups in total. The smallest absolute Gasteiger partial charge is 1.00 e. The third-order valence-electron chi connectivity index (χ3n) is 9.76. The van der Waals surface area contributed by atoms with Gasteiger partial charge in [-0.3, -0.25) is 6.08 Å². The van der Waals surface area contributed by atoms with Gasteiger partial charge in [0.2, 0.25) is 0 Å². The number of hydrogen-bond acceptors (Lipinski definition) is 0. The molecule has 0 aromatic heterocycles. The van der Waals surface area contributed by atoms with Crippen LogP contribution in [0.5, 0.6) is 0 Å². The van der Waals surface area contributed by atoms with Crippen molar-refractivity contribution >= 4 is 23.6 Å². The van der Waals surface area contributed by atoms with E-state index in [-0.39, 0.29) is 64.0 Å². The summed E-state index contributed by atoms with van der Waals surface area (Å²) in [5.41, 5.74) is 9.96. The van der Waals surface area contributed by atoms with Crippen LogP contribution in [0.2, 0.25) is 5.04 Å². The van der Waals surface area contributed by atoms with Crippen molar-refractivity contribution in [1.29, 1.82) is 0 Å². The molecule has 0 bridgehead atoms. The third-order valence-corrected chi connectivity index (χ3v) is 15.3. The van der Waals surface area contributed by atoms with E-state index in [1.54, 1.807) is 0 Å². The van der Waals surface area contributed by atoms with Crippen LogP contribution in [-0.4, -0.2) is 8.07 Å². The predicted octanol–water partition coefficient (Wildman–Crippen LogP) is 0.520. The largest absolute Gasteiger partial charge is 4.00 e. The zero-order valence-electron chi connectivity index (χ0n) is 28.8. The second kappa shape index (κ2) is 16.7. The van der Waals surface area contributed by atoms with Gasteiger partial charge in [-0.2, -0.15) is 11.1 Å². The fraction of sp³-hybridized carbons (Fsp3) is 0.436. The molecule has 0 saturated carbocycles. The van der Waals surface area contributed by atoms with Crippen LogP contribution in [0, 0.1) is 6.08 Å². The molecule has 0 amide bonds. The maximum atomic E-state index is 4.17. The van der Waals surface area contributed by atoms with E-state index in [0.717, 1.165) is 0 Å². The molecule has 4 rings (SSSR count). The molecule has 1 unspecified atom stereocenters. The van der Waals surface area contributed by atoms with E-state index in [1.807, 2.05) is 0 Å². The summed E-state index contributed by atoms with van der Waals surface area (Å²) in [7, 11) is -2.76. The Bertz CT molecular complexity index is 1340. The van der Waals surface area contributed by atoms with E-state index in [9.17, 15) is 0 Å². The molecule has 0 radical (unpaired) electrons. The van der Waals surface area contributed by atoms with Gasteiger partial charge in [-0.25, -0.2) is 5.57 Å². The summed E-state index contributed by atoms with van der Waals surface area (Å²) in [6, 6.07) is 26.8. The van der Waals surface area contributed by atoms with Gasteiger partial charge in [0.1, 0.15) is 8.07 Å². The second-order valence-electron chi connectivity index (χ2n) is 13.6. The molecule has 3 aromatic rings. The van der Waals surface area contributed by atoms with Crippen molar-refractivity contribution in [2.75, 3.05) is 0 Å². The third kappa shape index (κ3) is 7.56. The Morgan fingerprint density at radius 1 is 0.545 bits per heavy atom. The summed E-state index contributed by atoms with van der Waals surface area (Å²) in [4.78, 5) is 0. The van der Waals surface area contributed by atoms with Gasteiger partial charge in [0, 0.05) is 0 Å². The minimum Gasteiger partial charge on any atom is -1.00 e. The van der Waals surface area contributed by atoms with Gasteiger partial charge in [-0.1, -0.05) is 148 Å². The van der Waals surface area contributed by atoms with Crippen molar-refractivity contribution < 1.29 is 58.9 Å². The van der Waals surface area contributed by atoms with Crippen LogP contribution in [0.3, 0.4) is 0 Å². The van der Waals surface area contributed by atoms with Crippen LogP contribution in [0.15, 0.2) is 83.4 Å². The van der Waals surface area contributed by atoms with Gasteiger partial charge in [0.15, 0.2) is 0 Å². The Labute approximate surface area is 304 Å². The van der Waals surface area contributed by atoms with Crippen molar-refractivity contribution in [3.63, 3.8) is 0 Å². The summed E-state index contributed by atoms with van der Waals surface area (Å²) < 4.78 is 0. The van der Waals surface area contributed by atoms with Crippen molar-refractivity contribution in [3.05, 3.63) is 112 Å². The Balaban J connectivity index is 0.00000462. The minimum atomic E-state index is -2.76. The standard InChI is InChI=1S/C39H51Si.3ClH.Ti/c1-25(2)32-18-33(26(3)4)21-37(20-32)40(36-16-14-13-15-17-36,39(12)24-29(9)30(10)31(39)11)38-22-34(27(5)6)19-35(23-38)28(7)8;;;;/h13-23,25-28H,1-12H3;3*1H;/q-1;;;;+4/p-3. The summed E-state index contributed by atoms with van der Waals surface area (Å²) in [5, 5.41) is 4.27. The molecule has 0 aliphatic heterocycles. The molecule has 0 spiro atoms. The Morgan fingerprint density at radius 2 is 0.886 bits per heavy atom. The van der Waals surface area contributed by atoms with Crippen LogP contribution in [0.25, 0.3) is 0 Å². The van der Waals surface area contributed by atoms with Gasteiger partial charge in [-0.15, -0.1) is 6.92 Å². The van der Waals surface area contributed by atoms with Gasteiger partial charge < -0.3 is 37.2 Å². The zero-order valence-corrected chi connectivity index (χ0v) is 33.6. The first-order valence-corrected chi connectivity index (χ1v) is 17.4. The van der Waals surface area contributed by atoms with Gasteiger partial charge >= 0.3 is 21.7 Å². The van der Waals surface area contributed by atoms with E-state index in [4.69, 9.17) is 0 Å². The normalized spacial score (nSPS) is 16.4. The SMILES string of the molecule is CC1=[C-]C(C)([Si](c2ccccc2)(c2cc(C(C)C)cc(C(C)C)c2)c2cc(C(C)C)cc(C(C)C)c2)C(C)=C1C.[Cl-].[Cl-].[Cl-].[Ti+4]. The molecule has 236 valence electrons. The maximum Gasteiger partial charge on any atom is 4.00 e. The van der Waals surface area contributed by atoms with Crippen LogP contribution >= 0.6 is 0 Å². The first kappa shape index (κ1) is 42.9. The molecule has 1 atom stereocenters. The van der Waals surface area contributed by atoms with E-state index in [0.29, 0.717) is 23.7 Å². The molecule has 0 heterocycles. The van der Waals surface area contributed by atoms with Crippen molar-refractivity contribution in [3.8, 4) is 0 Å². The van der Waals surface area contributed by atoms with Gasteiger partial charge in [-0.05, 0) is 61.5 Å². The zero-order chi connectivity index (χ0) is 29.6. The van der Waals surface area contributed by atoms with E-state index < -0.39 is 8.07 Å². The summed E-state index contributed by atoms with van der Waals surface area (Å²) in [5.74, 6) is 1.85. The number of allylic oxidation sites excluding steroid dienone is 4. The van der Waals surface area contributed by atoms with E-state index in [1.165, 1.54) is 54.5 Å². The van der Waals surface area contributed by atoms with Crippen LogP contribution in [0.4, 0.5) is 0 Å². The average Bonchev–Trinajstić information content (AvgIpc) is 3.12. The molecule has 5 heteroatoms. The maximum absolute atomic E-state index is 4.17. The van der Waals surface area contributed by atoms with E-state index in [2.05, 4.69) is 156 Å². The van der Waals surface area contributed by atoms with Crippen molar-refractivity contribution in [2.45, 2.75) is 112 Å². The number of benzene rings is 3. The van der Waals surface area contributed by atoms with Crippen molar-refractivity contribution in [2.24, 2.45) is 0 Å². The molecule has 3 aromatic carbocycles. The average molecular weight is 702 g/mol. The van der Waals surface area contributed by atoms with Gasteiger partial charge in [0.25, 0.3) is 0 Å². The Morgan fingerprint density at radius 3 is 1.16 bits per heavy atom. The molecule has 1 aliphatic carbocycles. The molecule has 44 heavy (non-hydrogen) atoms. The van der Waals surface area contributed by atoms with Crippen LogP contribution in [0.1, 0.15) is 129 Å². The monoisotopic (exact) mass is 700 g/mol. The number of hydrogen-bond donors (Lipinski definition) is 0. The minimum absolute atomic E-state index is 0. The second-order valence-corrected chi connectivity index (χ2v) is 17.9. The molecular formula is C39H51Cl3SiTi. The molecule has 0 nitrogen and oxygen atoms in total. The van der Waals surface area contributed by atoms with Crippen LogP contribution in [-0.2, 0) is 21.7 Å². The van der Waals surface area contributed by atoms with Gasteiger partial charge in [0.05, 0.1) is 0 Å². The first-order valence-electron chi connectivity index (χ1n) is 15.4. The van der Waals surface area contributed by atoms with E-state index >= 15 is 0 Å². The molecule has 1 aliphatic rings. The quantitative estimate of drug-likeness (QED) is 0.183. The molecule has 0 fully saturated rings. The first-order chi connectivity index (χ1) is 18.7.